The summed E-state index contributed by atoms with van der Waals surface area (Å²) < 4.78 is 13.3. The molecule has 3 aromatic carbocycles. The number of hydrogen-bond acceptors (Lipinski definition) is 2. The summed E-state index contributed by atoms with van der Waals surface area (Å²) in [6.45, 7) is 1.18. The summed E-state index contributed by atoms with van der Waals surface area (Å²) in [4.78, 5) is 22.8. The van der Waals surface area contributed by atoms with Gasteiger partial charge in [0.15, 0.2) is 0 Å². The first kappa shape index (κ1) is 16.7. The van der Waals surface area contributed by atoms with Gasteiger partial charge in [-0.25, -0.2) is 9.37 Å². The van der Waals surface area contributed by atoms with E-state index in [0.29, 0.717) is 19.5 Å². The molecular weight excluding hydrogens is 353 g/mol. The van der Waals surface area contributed by atoms with Crippen molar-refractivity contribution >= 4 is 16.9 Å². The van der Waals surface area contributed by atoms with E-state index in [4.69, 9.17) is 0 Å². The number of carbonyl (C=O) groups is 1. The van der Waals surface area contributed by atoms with Gasteiger partial charge >= 0.3 is 0 Å². The molecule has 0 atom stereocenters. The highest BCUT2D eigenvalue weighted by Gasteiger charge is 2.30. The number of amides is 1. The second kappa shape index (κ2) is 6.60. The van der Waals surface area contributed by atoms with Crippen LogP contribution in [0.1, 0.15) is 21.7 Å². The fourth-order valence-electron chi connectivity index (χ4n) is 3.84. The highest BCUT2D eigenvalue weighted by Crippen LogP contribution is 2.32. The van der Waals surface area contributed by atoms with Crippen molar-refractivity contribution in [2.75, 3.05) is 6.54 Å². The molecule has 0 saturated heterocycles. The van der Waals surface area contributed by atoms with Crippen LogP contribution >= 0.6 is 0 Å². The van der Waals surface area contributed by atoms with E-state index < -0.39 is 0 Å². The number of hydrogen-bond donors (Lipinski definition) is 1. The average Bonchev–Trinajstić information content (AvgIpc) is 3.27. The van der Waals surface area contributed by atoms with Crippen molar-refractivity contribution in [3.05, 3.63) is 89.5 Å². The molecule has 1 aliphatic rings. The van der Waals surface area contributed by atoms with Gasteiger partial charge in [0.05, 0.1) is 16.6 Å². The number of benzene rings is 3. The molecule has 1 aliphatic heterocycles. The molecule has 28 heavy (non-hydrogen) atoms. The molecule has 1 amide bonds. The Labute approximate surface area is 161 Å². The summed E-state index contributed by atoms with van der Waals surface area (Å²) in [6, 6.07) is 20.1. The summed E-state index contributed by atoms with van der Waals surface area (Å²) >= 11 is 0. The molecule has 0 spiro atoms. The molecule has 2 heterocycles. The Morgan fingerprint density at radius 3 is 2.64 bits per heavy atom. The van der Waals surface area contributed by atoms with Crippen LogP contribution in [0.2, 0.25) is 0 Å². The van der Waals surface area contributed by atoms with Gasteiger partial charge in [0.25, 0.3) is 5.91 Å². The van der Waals surface area contributed by atoms with Crippen molar-refractivity contribution in [1.82, 2.24) is 14.9 Å². The first-order chi connectivity index (χ1) is 13.7. The summed E-state index contributed by atoms with van der Waals surface area (Å²) in [5.41, 5.74) is 5.38. The predicted octanol–water partition coefficient (Wildman–Crippen LogP) is 4.57. The Morgan fingerprint density at radius 1 is 1.00 bits per heavy atom. The van der Waals surface area contributed by atoms with Gasteiger partial charge in [0.2, 0.25) is 0 Å². The highest BCUT2D eigenvalue weighted by atomic mass is 19.1. The highest BCUT2D eigenvalue weighted by molar-refractivity contribution is 6.04. The van der Waals surface area contributed by atoms with Gasteiger partial charge < -0.3 is 9.88 Å². The molecule has 0 fully saturated rings. The number of fused-ring (bicyclic) bond motifs is 2. The maximum Gasteiger partial charge on any atom is 0.255 e. The maximum absolute atomic E-state index is 13.3. The lowest BCUT2D eigenvalue weighted by Crippen LogP contribution is -2.26. The number of carbonyl (C=O) groups excluding carboxylic acids is 1. The standard InChI is InChI=1S/C23H18FN3O/c24-17-10-8-15(9-11-17)18-5-3-4-16-14-27(23(28)22(16)18)13-12-21-25-19-6-1-2-7-20(19)26-21/h1-11H,12-14H2,(H,25,26). The normalized spacial score (nSPS) is 13.3. The maximum atomic E-state index is 13.3. The van der Waals surface area contributed by atoms with Gasteiger partial charge in [-0.15, -0.1) is 0 Å². The molecule has 0 bridgehead atoms. The van der Waals surface area contributed by atoms with Gasteiger partial charge in [-0.2, -0.15) is 0 Å². The number of rotatable bonds is 4. The third kappa shape index (κ3) is 2.85. The molecular formula is C23H18FN3O. The van der Waals surface area contributed by atoms with E-state index in [1.54, 1.807) is 12.1 Å². The van der Waals surface area contributed by atoms with Crippen LogP contribution < -0.4 is 0 Å². The molecule has 1 aromatic heterocycles. The topological polar surface area (TPSA) is 49.0 Å². The third-order valence-electron chi connectivity index (χ3n) is 5.23. The summed E-state index contributed by atoms with van der Waals surface area (Å²) in [6.07, 6.45) is 0.667. The van der Waals surface area contributed by atoms with E-state index in [9.17, 15) is 9.18 Å². The van der Waals surface area contributed by atoms with E-state index in [2.05, 4.69) is 9.97 Å². The van der Waals surface area contributed by atoms with Crippen LogP contribution in [0.15, 0.2) is 66.7 Å². The van der Waals surface area contributed by atoms with Gasteiger partial charge in [-0.1, -0.05) is 42.5 Å². The van der Waals surface area contributed by atoms with Crippen molar-refractivity contribution in [3.63, 3.8) is 0 Å². The fraction of sp³-hybridized carbons (Fsp3) is 0.130. The van der Waals surface area contributed by atoms with Crippen LogP contribution in [0.4, 0.5) is 4.39 Å². The largest absolute Gasteiger partial charge is 0.342 e. The van der Waals surface area contributed by atoms with E-state index >= 15 is 0 Å². The first-order valence-corrected chi connectivity index (χ1v) is 9.30. The zero-order valence-electron chi connectivity index (χ0n) is 15.2. The number of nitrogens with one attached hydrogen (secondary N) is 1. The lowest BCUT2D eigenvalue weighted by molar-refractivity contribution is 0.0780. The van der Waals surface area contributed by atoms with Crippen molar-refractivity contribution in [2.45, 2.75) is 13.0 Å². The van der Waals surface area contributed by atoms with Crippen molar-refractivity contribution in [3.8, 4) is 11.1 Å². The number of H-pyrrole nitrogens is 1. The molecule has 5 rings (SSSR count). The van der Waals surface area contributed by atoms with E-state index in [1.807, 2.05) is 47.4 Å². The van der Waals surface area contributed by atoms with Crippen LogP contribution in [-0.2, 0) is 13.0 Å². The van der Waals surface area contributed by atoms with Gasteiger partial charge in [-0.05, 0) is 41.0 Å². The van der Waals surface area contributed by atoms with Crippen LogP contribution in [0.3, 0.4) is 0 Å². The Kier molecular flexibility index (Phi) is 3.93. The zero-order valence-corrected chi connectivity index (χ0v) is 15.2. The minimum atomic E-state index is -0.282. The molecule has 1 N–H and O–H groups in total. The minimum Gasteiger partial charge on any atom is -0.342 e. The van der Waals surface area contributed by atoms with Crippen LogP contribution in [-0.4, -0.2) is 27.3 Å². The monoisotopic (exact) mass is 371 g/mol. The molecule has 4 aromatic rings. The summed E-state index contributed by atoms with van der Waals surface area (Å²) in [7, 11) is 0. The van der Waals surface area contributed by atoms with Gasteiger partial charge in [0.1, 0.15) is 11.6 Å². The molecule has 5 heteroatoms. The summed E-state index contributed by atoms with van der Waals surface area (Å²) in [5.74, 6) is 0.616. The quantitative estimate of drug-likeness (QED) is 0.571. The number of halogens is 1. The lowest BCUT2D eigenvalue weighted by atomic mass is 9.97. The van der Waals surface area contributed by atoms with E-state index in [-0.39, 0.29) is 11.7 Å². The van der Waals surface area contributed by atoms with E-state index in [1.165, 1.54) is 12.1 Å². The minimum absolute atomic E-state index is 0.0195. The second-order valence-electron chi connectivity index (χ2n) is 7.02. The second-order valence-corrected chi connectivity index (χ2v) is 7.02. The molecule has 0 saturated carbocycles. The van der Waals surface area contributed by atoms with Gasteiger partial charge in [0, 0.05) is 19.5 Å². The lowest BCUT2D eigenvalue weighted by Gasteiger charge is -2.14. The van der Waals surface area contributed by atoms with E-state index in [0.717, 1.165) is 39.1 Å². The number of aromatic amines is 1. The Hall–Kier alpha value is -3.47. The number of imidazole rings is 1. The van der Waals surface area contributed by atoms with Crippen molar-refractivity contribution < 1.29 is 9.18 Å². The number of aromatic nitrogens is 2. The third-order valence-corrected chi connectivity index (χ3v) is 5.23. The molecule has 0 radical (unpaired) electrons. The molecule has 4 nitrogen and oxygen atoms in total. The number of para-hydroxylation sites is 2. The fourth-order valence-corrected chi connectivity index (χ4v) is 3.84. The van der Waals surface area contributed by atoms with Crippen LogP contribution in [0.25, 0.3) is 22.2 Å². The molecule has 138 valence electrons. The van der Waals surface area contributed by atoms with Crippen LogP contribution in [0, 0.1) is 5.82 Å². The molecule has 0 aliphatic carbocycles. The first-order valence-electron chi connectivity index (χ1n) is 9.30. The zero-order chi connectivity index (χ0) is 19.1. The predicted molar refractivity (Wildman–Crippen MR) is 106 cm³/mol. The SMILES string of the molecule is O=C1c2c(cccc2-c2ccc(F)cc2)CN1CCc1nc2ccccc2[nH]1. The Bertz CT molecular complexity index is 1150. The van der Waals surface area contributed by atoms with Crippen molar-refractivity contribution in [2.24, 2.45) is 0 Å². The Morgan fingerprint density at radius 2 is 1.82 bits per heavy atom. The Balaban J connectivity index is 1.38. The average molecular weight is 371 g/mol. The summed E-state index contributed by atoms with van der Waals surface area (Å²) in [5, 5.41) is 0. The molecule has 0 unspecified atom stereocenters. The number of nitrogens with zero attached hydrogens (tertiary/aromatic N) is 2. The van der Waals surface area contributed by atoms with Gasteiger partial charge in [-0.3, -0.25) is 4.79 Å². The van der Waals surface area contributed by atoms with Crippen LogP contribution in [0.5, 0.6) is 0 Å². The smallest absolute Gasteiger partial charge is 0.255 e. The van der Waals surface area contributed by atoms with Crippen molar-refractivity contribution in [1.29, 1.82) is 0 Å².